The van der Waals surface area contributed by atoms with Gasteiger partial charge in [-0.25, -0.2) is 0 Å². The summed E-state index contributed by atoms with van der Waals surface area (Å²) in [6.45, 7) is 17.5. The molecule has 0 amide bonds. The number of morpholine rings is 1. The van der Waals surface area contributed by atoms with Crippen LogP contribution in [0.1, 0.15) is 84.1 Å². The highest BCUT2D eigenvalue weighted by Gasteiger charge is 2.32. The third-order valence-corrected chi connectivity index (χ3v) is 9.03. The van der Waals surface area contributed by atoms with Crippen molar-refractivity contribution in [1.29, 1.82) is 0 Å². The van der Waals surface area contributed by atoms with Crippen molar-refractivity contribution in [2.75, 3.05) is 55.6 Å². The lowest BCUT2D eigenvalue weighted by Crippen LogP contribution is -2.48. The van der Waals surface area contributed by atoms with E-state index in [2.05, 4.69) is 60.6 Å². The Morgan fingerprint density at radius 1 is 0.879 bits per heavy atom. The normalized spacial score (nSPS) is 29.8. The van der Waals surface area contributed by atoms with E-state index < -0.39 is 0 Å². The Morgan fingerprint density at radius 2 is 1.55 bits per heavy atom. The Kier molecular flexibility index (Phi) is 6.96. The quantitative estimate of drug-likeness (QED) is 0.552. The molecule has 1 aromatic carbocycles. The molecule has 33 heavy (non-hydrogen) atoms. The van der Waals surface area contributed by atoms with Crippen molar-refractivity contribution in [3.05, 3.63) is 23.8 Å². The van der Waals surface area contributed by atoms with Crippen LogP contribution in [0.2, 0.25) is 0 Å². The molecule has 4 fully saturated rings. The summed E-state index contributed by atoms with van der Waals surface area (Å²) in [5.41, 5.74) is 5.07. The SMILES string of the molecule is CC1CN(c2ccc(N3CCN(CC4CCC4)CC3)c(C3CCC(C)(C)CC3)c2)CC(C)O1. The summed E-state index contributed by atoms with van der Waals surface area (Å²) >= 11 is 0. The number of anilines is 2. The summed E-state index contributed by atoms with van der Waals surface area (Å²) in [6, 6.07) is 7.44. The summed E-state index contributed by atoms with van der Waals surface area (Å²) in [5.74, 6) is 1.69. The predicted molar refractivity (Wildman–Crippen MR) is 140 cm³/mol. The highest BCUT2D eigenvalue weighted by atomic mass is 16.5. The molecular weight excluding hydrogens is 406 g/mol. The van der Waals surface area contributed by atoms with Crippen LogP contribution in [-0.4, -0.2) is 62.9 Å². The van der Waals surface area contributed by atoms with Crippen LogP contribution in [0.5, 0.6) is 0 Å². The molecule has 184 valence electrons. The minimum absolute atomic E-state index is 0.302. The largest absolute Gasteiger partial charge is 0.372 e. The zero-order valence-electron chi connectivity index (χ0n) is 21.7. The summed E-state index contributed by atoms with van der Waals surface area (Å²) < 4.78 is 6.02. The van der Waals surface area contributed by atoms with E-state index in [-0.39, 0.29) is 0 Å². The second-order valence-corrected chi connectivity index (χ2v) is 12.4. The topological polar surface area (TPSA) is 19.0 Å². The Labute approximate surface area is 202 Å². The first-order valence-electron chi connectivity index (χ1n) is 13.9. The van der Waals surface area contributed by atoms with E-state index in [0.29, 0.717) is 23.5 Å². The van der Waals surface area contributed by atoms with Crippen molar-refractivity contribution in [2.24, 2.45) is 11.3 Å². The first-order valence-corrected chi connectivity index (χ1v) is 13.9. The van der Waals surface area contributed by atoms with E-state index in [1.54, 1.807) is 5.56 Å². The second kappa shape index (κ2) is 9.77. The van der Waals surface area contributed by atoms with Gasteiger partial charge in [0.05, 0.1) is 12.2 Å². The lowest BCUT2D eigenvalue weighted by Gasteiger charge is -2.42. The fourth-order valence-electron chi connectivity index (χ4n) is 6.66. The third-order valence-electron chi connectivity index (χ3n) is 9.03. The molecule has 5 rings (SSSR count). The fraction of sp³-hybridized carbons (Fsp3) is 0.793. The predicted octanol–water partition coefficient (Wildman–Crippen LogP) is 5.91. The molecule has 2 unspecified atom stereocenters. The molecule has 0 aromatic heterocycles. The minimum Gasteiger partial charge on any atom is -0.372 e. The fourth-order valence-corrected chi connectivity index (χ4v) is 6.66. The van der Waals surface area contributed by atoms with Gasteiger partial charge in [-0.3, -0.25) is 4.90 Å². The molecule has 2 heterocycles. The average Bonchev–Trinajstić information content (AvgIpc) is 2.76. The van der Waals surface area contributed by atoms with E-state index in [1.165, 1.54) is 89.0 Å². The molecule has 0 spiro atoms. The number of hydrogen-bond acceptors (Lipinski definition) is 4. The van der Waals surface area contributed by atoms with Crippen molar-refractivity contribution in [3.8, 4) is 0 Å². The molecule has 2 saturated heterocycles. The number of benzene rings is 1. The number of piperazine rings is 1. The van der Waals surface area contributed by atoms with E-state index in [1.807, 2.05) is 0 Å². The van der Waals surface area contributed by atoms with E-state index in [4.69, 9.17) is 4.74 Å². The van der Waals surface area contributed by atoms with Gasteiger partial charge in [-0.2, -0.15) is 0 Å². The summed E-state index contributed by atoms with van der Waals surface area (Å²) in [6.07, 6.45) is 10.4. The summed E-state index contributed by atoms with van der Waals surface area (Å²) in [7, 11) is 0. The first kappa shape index (κ1) is 23.5. The minimum atomic E-state index is 0.302. The van der Waals surface area contributed by atoms with Gasteiger partial charge in [0.15, 0.2) is 0 Å². The van der Waals surface area contributed by atoms with Gasteiger partial charge in [0, 0.05) is 57.2 Å². The molecule has 1 aromatic rings. The van der Waals surface area contributed by atoms with Gasteiger partial charge in [-0.1, -0.05) is 20.3 Å². The van der Waals surface area contributed by atoms with Gasteiger partial charge in [-0.15, -0.1) is 0 Å². The molecule has 0 radical (unpaired) electrons. The molecular formula is C29H47N3O. The molecule has 4 heteroatoms. The maximum Gasteiger partial charge on any atom is 0.0726 e. The highest BCUT2D eigenvalue weighted by Crippen LogP contribution is 2.46. The second-order valence-electron chi connectivity index (χ2n) is 12.4. The molecule has 2 aliphatic carbocycles. The molecule has 2 atom stereocenters. The number of nitrogens with zero attached hydrogens (tertiary/aromatic N) is 3. The first-order chi connectivity index (χ1) is 15.9. The van der Waals surface area contributed by atoms with Crippen molar-refractivity contribution in [1.82, 2.24) is 4.90 Å². The standard InChI is InChI=1S/C29H47N3O/c1-22-19-32(20-23(2)33-22)26-8-9-28(27(18-26)25-10-12-29(3,4)13-11-25)31-16-14-30(15-17-31)21-24-6-5-7-24/h8-9,18,22-25H,5-7,10-17,19-21H2,1-4H3. The molecule has 0 bridgehead atoms. The zero-order valence-corrected chi connectivity index (χ0v) is 21.7. The average molecular weight is 454 g/mol. The van der Waals surface area contributed by atoms with Gasteiger partial charge in [0.2, 0.25) is 0 Å². The maximum absolute atomic E-state index is 6.02. The Hall–Kier alpha value is -1.26. The molecule has 4 nitrogen and oxygen atoms in total. The van der Waals surface area contributed by atoms with Crippen LogP contribution in [0, 0.1) is 11.3 Å². The van der Waals surface area contributed by atoms with Gasteiger partial charge in [0.1, 0.15) is 0 Å². The highest BCUT2D eigenvalue weighted by molar-refractivity contribution is 5.64. The number of hydrogen-bond donors (Lipinski definition) is 0. The molecule has 0 N–H and O–H groups in total. The molecule has 2 saturated carbocycles. The van der Waals surface area contributed by atoms with Crippen LogP contribution >= 0.6 is 0 Å². The zero-order chi connectivity index (χ0) is 23.0. The third kappa shape index (κ3) is 5.53. The molecule has 2 aliphatic heterocycles. The monoisotopic (exact) mass is 453 g/mol. The van der Waals surface area contributed by atoms with Crippen LogP contribution in [0.25, 0.3) is 0 Å². The van der Waals surface area contributed by atoms with Crippen LogP contribution in [-0.2, 0) is 4.74 Å². The van der Waals surface area contributed by atoms with Crippen LogP contribution in [0.4, 0.5) is 11.4 Å². The van der Waals surface area contributed by atoms with Crippen molar-refractivity contribution in [2.45, 2.75) is 90.8 Å². The van der Waals surface area contributed by atoms with Gasteiger partial charge in [-0.05, 0) is 93.4 Å². The van der Waals surface area contributed by atoms with E-state index >= 15 is 0 Å². The van der Waals surface area contributed by atoms with Crippen LogP contribution in [0.3, 0.4) is 0 Å². The maximum atomic E-state index is 6.02. The van der Waals surface area contributed by atoms with Gasteiger partial charge < -0.3 is 14.5 Å². The van der Waals surface area contributed by atoms with Crippen molar-refractivity contribution >= 4 is 11.4 Å². The lowest BCUT2D eigenvalue weighted by molar-refractivity contribution is -0.00522. The summed E-state index contributed by atoms with van der Waals surface area (Å²) in [4.78, 5) is 8.00. The van der Waals surface area contributed by atoms with Crippen molar-refractivity contribution < 1.29 is 4.74 Å². The van der Waals surface area contributed by atoms with Crippen LogP contribution < -0.4 is 9.80 Å². The van der Waals surface area contributed by atoms with Gasteiger partial charge >= 0.3 is 0 Å². The number of ether oxygens (including phenoxy) is 1. The molecule has 4 aliphatic rings. The smallest absolute Gasteiger partial charge is 0.0726 e. The van der Waals surface area contributed by atoms with Gasteiger partial charge in [0.25, 0.3) is 0 Å². The Bertz CT molecular complexity index is 776. The van der Waals surface area contributed by atoms with Crippen LogP contribution in [0.15, 0.2) is 18.2 Å². The van der Waals surface area contributed by atoms with Crippen molar-refractivity contribution in [3.63, 3.8) is 0 Å². The Morgan fingerprint density at radius 3 is 2.15 bits per heavy atom. The summed E-state index contributed by atoms with van der Waals surface area (Å²) in [5, 5.41) is 0. The lowest BCUT2D eigenvalue weighted by atomic mass is 9.71. The number of rotatable bonds is 5. The Balaban J connectivity index is 1.35. The van der Waals surface area contributed by atoms with E-state index in [0.717, 1.165) is 19.0 Å². The van der Waals surface area contributed by atoms with E-state index in [9.17, 15) is 0 Å².